The maximum absolute atomic E-state index is 12.7. The molecule has 3 aromatic rings. The Kier molecular flexibility index (Phi) is 6.51. The first-order valence-corrected chi connectivity index (χ1v) is 12.4. The second-order valence-electron chi connectivity index (χ2n) is 10.3. The Morgan fingerprint density at radius 1 is 1.17 bits per heavy atom. The van der Waals surface area contributed by atoms with Crippen LogP contribution in [0.15, 0.2) is 48.8 Å². The molecule has 2 atom stereocenters. The van der Waals surface area contributed by atoms with Crippen molar-refractivity contribution in [2.45, 2.75) is 45.1 Å². The Hall–Kier alpha value is -3.68. The zero-order chi connectivity index (χ0) is 25.3. The van der Waals surface area contributed by atoms with E-state index >= 15 is 0 Å². The van der Waals surface area contributed by atoms with Crippen molar-refractivity contribution in [3.05, 3.63) is 60.1 Å². The molecule has 188 valence electrons. The minimum atomic E-state index is -0.541. The molecule has 1 aliphatic carbocycles. The number of nitrogens with zero attached hydrogens (tertiary/aromatic N) is 4. The van der Waals surface area contributed by atoms with Crippen molar-refractivity contribution >= 4 is 22.7 Å². The summed E-state index contributed by atoms with van der Waals surface area (Å²) in [7, 11) is 1.64. The van der Waals surface area contributed by atoms with E-state index in [-0.39, 0.29) is 6.09 Å². The van der Waals surface area contributed by atoms with Gasteiger partial charge in [0.2, 0.25) is 5.88 Å². The highest BCUT2D eigenvalue weighted by Gasteiger charge is 2.40. The normalized spacial score (nSPS) is 19.6. The first-order valence-electron chi connectivity index (χ1n) is 12.4. The minimum absolute atomic E-state index is 0.310. The van der Waals surface area contributed by atoms with Gasteiger partial charge in [0.1, 0.15) is 11.4 Å². The van der Waals surface area contributed by atoms with Crippen LogP contribution in [0.1, 0.15) is 50.8 Å². The minimum Gasteiger partial charge on any atom is -0.495 e. The summed E-state index contributed by atoms with van der Waals surface area (Å²) in [6.07, 6.45) is 7.12. The van der Waals surface area contributed by atoms with Crippen LogP contribution in [0.5, 0.6) is 11.6 Å². The van der Waals surface area contributed by atoms with E-state index in [0.29, 0.717) is 37.4 Å². The average molecular weight is 489 g/mol. The molecule has 1 fully saturated rings. The van der Waals surface area contributed by atoms with Gasteiger partial charge in [-0.2, -0.15) is 0 Å². The molecule has 4 heterocycles. The number of carbonyl (C=O) groups excluding carboxylic acids is 1. The smallest absolute Gasteiger partial charge is 0.410 e. The number of carbonyl (C=O) groups is 1. The van der Waals surface area contributed by atoms with Gasteiger partial charge in [-0.3, -0.25) is 9.97 Å². The van der Waals surface area contributed by atoms with Crippen molar-refractivity contribution in [1.82, 2.24) is 19.9 Å². The summed E-state index contributed by atoms with van der Waals surface area (Å²) in [5.74, 6) is 2.08. The molecule has 0 spiro atoms. The molecule has 1 aliphatic heterocycles. The molecule has 36 heavy (non-hydrogen) atoms. The van der Waals surface area contributed by atoms with Crippen LogP contribution in [-0.4, -0.2) is 58.4 Å². The monoisotopic (exact) mass is 488 g/mol. The third-order valence-corrected chi connectivity index (χ3v) is 6.43. The Bertz CT molecular complexity index is 1280. The van der Waals surface area contributed by atoms with Crippen LogP contribution in [0.25, 0.3) is 16.6 Å². The van der Waals surface area contributed by atoms with Crippen molar-refractivity contribution < 1.29 is 19.0 Å². The summed E-state index contributed by atoms with van der Waals surface area (Å²) in [5, 5.41) is 0. The average Bonchev–Trinajstić information content (AvgIpc) is 3.66. The molecule has 1 saturated carbocycles. The number of rotatable bonds is 6. The Morgan fingerprint density at radius 2 is 2.03 bits per heavy atom. The van der Waals surface area contributed by atoms with Crippen molar-refractivity contribution in [2.75, 3.05) is 26.8 Å². The lowest BCUT2D eigenvalue weighted by molar-refractivity contribution is 0.0273. The quantitative estimate of drug-likeness (QED) is 0.469. The van der Waals surface area contributed by atoms with Crippen LogP contribution in [0.2, 0.25) is 0 Å². The molecule has 0 N–H and O–H groups in total. The fourth-order valence-corrected chi connectivity index (χ4v) is 4.46. The van der Waals surface area contributed by atoms with Crippen LogP contribution in [0.4, 0.5) is 4.79 Å². The van der Waals surface area contributed by atoms with Crippen molar-refractivity contribution in [3.63, 3.8) is 0 Å². The number of amides is 1. The lowest BCUT2D eigenvalue weighted by Gasteiger charge is -2.30. The van der Waals surface area contributed by atoms with Gasteiger partial charge in [0.05, 0.1) is 30.9 Å². The standard InChI is InChI=1S/C28H32N4O4/c1-28(2,3)36-27(33)32-12-6-7-18(16-32)22-14-25-24(8-5-11-29-25)31-26(22)35-17-19-13-21(19)23-10-9-20(34-4)15-30-23/h5,7-11,14-15,19,21H,6,12-13,16-17H2,1-4H3/t19-,21?/m1/s1. The summed E-state index contributed by atoms with van der Waals surface area (Å²) in [6, 6.07) is 9.78. The van der Waals surface area contributed by atoms with Crippen molar-refractivity contribution in [3.8, 4) is 11.6 Å². The molecule has 0 saturated heterocycles. The molecule has 1 amide bonds. The Balaban J connectivity index is 1.34. The molecular formula is C28H32N4O4. The number of pyridine rings is 3. The number of aromatic nitrogens is 3. The van der Waals surface area contributed by atoms with Gasteiger partial charge in [-0.25, -0.2) is 9.78 Å². The predicted octanol–water partition coefficient (Wildman–Crippen LogP) is 5.24. The number of hydrogen-bond acceptors (Lipinski definition) is 7. The number of hydrogen-bond donors (Lipinski definition) is 0. The summed E-state index contributed by atoms with van der Waals surface area (Å²) < 4.78 is 17.1. The SMILES string of the molecule is COc1ccc(C2C[C@@H]2COc2nc3cccnc3cc2C2=CCCN(C(=O)OC(C)(C)C)C2)nc1. The summed E-state index contributed by atoms with van der Waals surface area (Å²) >= 11 is 0. The van der Waals surface area contributed by atoms with Crippen molar-refractivity contribution in [2.24, 2.45) is 5.92 Å². The molecule has 1 unspecified atom stereocenters. The third-order valence-electron chi connectivity index (χ3n) is 6.43. The van der Waals surface area contributed by atoms with E-state index in [2.05, 4.69) is 16.0 Å². The van der Waals surface area contributed by atoms with Crippen molar-refractivity contribution in [1.29, 1.82) is 0 Å². The molecular weight excluding hydrogens is 456 g/mol. The van der Waals surface area contributed by atoms with E-state index in [1.165, 1.54) is 0 Å². The third kappa shape index (κ3) is 5.42. The van der Waals surface area contributed by atoms with Crippen LogP contribution in [0.3, 0.4) is 0 Å². The van der Waals surface area contributed by atoms with Gasteiger partial charge >= 0.3 is 6.09 Å². The molecule has 8 heteroatoms. The predicted molar refractivity (Wildman–Crippen MR) is 137 cm³/mol. The van der Waals surface area contributed by atoms with Crippen LogP contribution >= 0.6 is 0 Å². The maximum atomic E-state index is 12.7. The van der Waals surface area contributed by atoms with E-state index in [4.69, 9.17) is 19.2 Å². The molecule has 5 rings (SSSR count). The molecule has 0 aromatic carbocycles. The topological polar surface area (TPSA) is 86.7 Å². The highest BCUT2D eigenvalue weighted by atomic mass is 16.6. The van der Waals surface area contributed by atoms with Gasteiger partial charge in [-0.15, -0.1) is 0 Å². The zero-order valence-electron chi connectivity index (χ0n) is 21.2. The van der Waals surface area contributed by atoms with Gasteiger partial charge in [-0.05, 0) is 69.5 Å². The second-order valence-corrected chi connectivity index (χ2v) is 10.3. The molecule has 3 aromatic heterocycles. The van der Waals surface area contributed by atoms with Crippen LogP contribution < -0.4 is 9.47 Å². The molecule has 8 nitrogen and oxygen atoms in total. The number of ether oxygens (including phenoxy) is 3. The van der Waals surface area contributed by atoms with E-state index in [9.17, 15) is 4.79 Å². The van der Waals surface area contributed by atoms with Gasteiger partial charge in [0.15, 0.2) is 0 Å². The first kappa shape index (κ1) is 24.0. The fraction of sp³-hybridized carbons (Fsp3) is 0.429. The van der Waals surface area contributed by atoms with E-state index in [0.717, 1.165) is 46.5 Å². The van der Waals surface area contributed by atoms with Crippen LogP contribution in [-0.2, 0) is 4.74 Å². The fourth-order valence-electron chi connectivity index (χ4n) is 4.46. The highest BCUT2D eigenvalue weighted by Crippen LogP contribution is 2.47. The van der Waals surface area contributed by atoms with Gasteiger partial charge in [-0.1, -0.05) is 6.08 Å². The first-order chi connectivity index (χ1) is 17.3. The number of methoxy groups -OCH3 is 1. The van der Waals surface area contributed by atoms with Gasteiger partial charge in [0.25, 0.3) is 0 Å². The second kappa shape index (κ2) is 9.76. The van der Waals surface area contributed by atoms with Gasteiger partial charge in [0, 0.05) is 42.4 Å². The summed E-state index contributed by atoms with van der Waals surface area (Å²) in [4.78, 5) is 28.3. The molecule has 2 aliphatic rings. The maximum Gasteiger partial charge on any atom is 0.410 e. The molecule has 0 bridgehead atoms. The zero-order valence-corrected chi connectivity index (χ0v) is 21.2. The Labute approximate surface area is 211 Å². The summed E-state index contributed by atoms with van der Waals surface area (Å²) in [6.45, 7) is 7.24. The van der Waals surface area contributed by atoms with E-state index < -0.39 is 5.60 Å². The Morgan fingerprint density at radius 3 is 2.78 bits per heavy atom. The number of fused-ring (bicyclic) bond motifs is 1. The lowest BCUT2D eigenvalue weighted by atomic mass is 10.0. The van der Waals surface area contributed by atoms with E-state index in [1.54, 1.807) is 24.4 Å². The highest BCUT2D eigenvalue weighted by molar-refractivity contribution is 5.84. The van der Waals surface area contributed by atoms with E-state index in [1.807, 2.05) is 51.1 Å². The lowest BCUT2D eigenvalue weighted by Crippen LogP contribution is -2.39. The van der Waals surface area contributed by atoms with Crippen LogP contribution in [0, 0.1) is 5.92 Å². The molecule has 0 radical (unpaired) electrons. The van der Waals surface area contributed by atoms with Gasteiger partial charge < -0.3 is 19.1 Å². The summed E-state index contributed by atoms with van der Waals surface area (Å²) in [5.41, 5.74) is 3.95. The largest absolute Gasteiger partial charge is 0.495 e.